The van der Waals surface area contributed by atoms with Gasteiger partial charge in [0.1, 0.15) is 22.6 Å². The second kappa shape index (κ2) is 8.21. The number of piperidine rings is 1. The van der Waals surface area contributed by atoms with Crippen LogP contribution in [0.1, 0.15) is 19.8 Å². The fourth-order valence-electron chi connectivity index (χ4n) is 2.88. The third kappa shape index (κ3) is 4.63. The van der Waals surface area contributed by atoms with Crippen LogP contribution in [0.3, 0.4) is 0 Å². The molecule has 0 saturated carbocycles. The molecule has 0 spiro atoms. The first-order valence-corrected chi connectivity index (χ1v) is 8.78. The summed E-state index contributed by atoms with van der Waals surface area (Å²) < 4.78 is 11.7. The molecule has 0 N–H and O–H groups in total. The number of carbonyl (C=O) groups is 1. The van der Waals surface area contributed by atoms with Crippen molar-refractivity contribution in [2.75, 3.05) is 13.1 Å². The Balaban J connectivity index is 1.58. The monoisotopic (exact) mass is 360 g/mol. The van der Waals surface area contributed by atoms with Gasteiger partial charge < -0.3 is 14.4 Å². The molecule has 1 amide bonds. The number of ether oxygens (including phenoxy) is 2. The summed E-state index contributed by atoms with van der Waals surface area (Å²) in [6.07, 6.45) is 4.35. The number of likely N-dealkylation sites (tertiary alicyclic amines) is 1. The largest absolute Gasteiger partial charge is 0.487 e. The van der Waals surface area contributed by atoms with Gasteiger partial charge in [-0.25, -0.2) is 0 Å². The zero-order valence-electron chi connectivity index (χ0n) is 14.1. The number of hydrogen-bond acceptors (Lipinski definition) is 4. The van der Waals surface area contributed by atoms with E-state index in [0.717, 1.165) is 12.8 Å². The van der Waals surface area contributed by atoms with Crippen molar-refractivity contribution in [2.45, 2.75) is 32.0 Å². The number of benzene rings is 1. The maximum Gasteiger partial charge on any atom is 0.263 e. The number of amides is 1. The highest BCUT2D eigenvalue weighted by Gasteiger charge is 2.29. The summed E-state index contributed by atoms with van der Waals surface area (Å²) in [6, 6.07) is 11.1. The minimum atomic E-state index is -0.536. The van der Waals surface area contributed by atoms with E-state index in [0.29, 0.717) is 29.6 Å². The predicted molar refractivity (Wildman–Crippen MR) is 96.0 cm³/mol. The van der Waals surface area contributed by atoms with Gasteiger partial charge in [-0.15, -0.1) is 0 Å². The highest BCUT2D eigenvalue weighted by molar-refractivity contribution is 6.31. The third-order valence-electron chi connectivity index (χ3n) is 4.12. The quantitative estimate of drug-likeness (QED) is 0.817. The lowest BCUT2D eigenvalue weighted by Gasteiger charge is -2.34. The average molecular weight is 361 g/mol. The first-order chi connectivity index (χ1) is 12.1. The zero-order chi connectivity index (χ0) is 17.6. The van der Waals surface area contributed by atoms with Gasteiger partial charge in [0.15, 0.2) is 6.10 Å². The Morgan fingerprint density at radius 2 is 2.12 bits per heavy atom. The van der Waals surface area contributed by atoms with Crippen LogP contribution in [0, 0.1) is 0 Å². The molecule has 6 heteroatoms. The van der Waals surface area contributed by atoms with Crippen LogP contribution >= 0.6 is 11.6 Å². The molecule has 1 aromatic carbocycles. The maximum absolute atomic E-state index is 12.7. The van der Waals surface area contributed by atoms with Crippen molar-refractivity contribution in [3.8, 4) is 11.5 Å². The fraction of sp³-hybridized carbons (Fsp3) is 0.368. The van der Waals surface area contributed by atoms with Crippen LogP contribution in [0.2, 0.25) is 5.02 Å². The van der Waals surface area contributed by atoms with Crippen LogP contribution in [0.25, 0.3) is 0 Å². The Labute approximate surface area is 152 Å². The minimum Gasteiger partial charge on any atom is -0.487 e. The number of hydrogen-bond donors (Lipinski definition) is 0. The van der Waals surface area contributed by atoms with Crippen LogP contribution in [-0.2, 0) is 4.79 Å². The molecule has 3 rings (SSSR count). The summed E-state index contributed by atoms with van der Waals surface area (Å²) in [6.45, 7) is 3.02. The summed E-state index contributed by atoms with van der Waals surface area (Å²) in [7, 11) is 0. The molecular weight excluding hydrogens is 340 g/mol. The van der Waals surface area contributed by atoms with E-state index in [-0.39, 0.29) is 12.0 Å². The van der Waals surface area contributed by atoms with Gasteiger partial charge in [0.25, 0.3) is 5.91 Å². The molecule has 0 radical (unpaired) electrons. The van der Waals surface area contributed by atoms with E-state index in [1.165, 1.54) is 0 Å². The normalized spacial score (nSPS) is 18.5. The van der Waals surface area contributed by atoms with Gasteiger partial charge in [-0.1, -0.05) is 29.8 Å². The van der Waals surface area contributed by atoms with Crippen molar-refractivity contribution in [2.24, 2.45) is 0 Å². The standard InChI is InChI=1S/C19H21ClN2O3/c1-14(24-15-6-3-2-4-7-15)19(23)22-11-5-8-16(13-22)25-18-9-10-21-12-17(18)20/h2-4,6-7,9-10,12,14,16H,5,8,11,13H2,1H3. The summed E-state index contributed by atoms with van der Waals surface area (Å²) in [5.74, 6) is 1.26. The smallest absolute Gasteiger partial charge is 0.263 e. The van der Waals surface area contributed by atoms with Gasteiger partial charge in [-0.3, -0.25) is 9.78 Å². The lowest BCUT2D eigenvalue weighted by Crippen LogP contribution is -2.48. The highest BCUT2D eigenvalue weighted by atomic mass is 35.5. The molecular formula is C19H21ClN2O3. The van der Waals surface area contributed by atoms with E-state index in [1.807, 2.05) is 30.3 Å². The Bertz CT molecular complexity index is 711. The van der Waals surface area contributed by atoms with Gasteiger partial charge in [0.2, 0.25) is 0 Å². The van der Waals surface area contributed by atoms with E-state index in [2.05, 4.69) is 4.98 Å². The lowest BCUT2D eigenvalue weighted by atomic mass is 10.1. The van der Waals surface area contributed by atoms with Gasteiger partial charge in [0, 0.05) is 25.0 Å². The number of carbonyl (C=O) groups excluding carboxylic acids is 1. The molecule has 1 saturated heterocycles. The molecule has 2 aromatic rings. The summed E-state index contributed by atoms with van der Waals surface area (Å²) in [5, 5.41) is 0.478. The molecule has 132 valence electrons. The maximum atomic E-state index is 12.7. The molecule has 1 aliphatic heterocycles. The zero-order valence-corrected chi connectivity index (χ0v) is 14.9. The lowest BCUT2D eigenvalue weighted by molar-refractivity contribution is -0.140. The average Bonchev–Trinajstić information content (AvgIpc) is 2.64. The summed E-state index contributed by atoms with van der Waals surface area (Å²) in [4.78, 5) is 18.4. The van der Waals surface area contributed by atoms with E-state index in [1.54, 1.807) is 30.3 Å². The van der Waals surface area contributed by atoms with Crippen molar-refractivity contribution in [3.05, 3.63) is 53.8 Å². The Morgan fingerprint density at radius 1 is 1.32 bits per heavy atom. The summed E-state index contributed by atoms with van der Waals surface area (Å²) in [5.41, 5.74) is 0. The summed E-state index contributed by atoms with van der Waals surface area (Å²) >= 11 is 6.10. The molecule has 0 bridgehead atoms. The minimum absolute atomic E-state index is 0.0296. The van der Waals surface area contributed by atoms with Crippen molar-refractivity contribution < 1.29 is 14.3 Å². The number of nitrogens with zero attached hydrogens (tertiary/aromatic N) is 2. The number of para-hydroxylation sites is 1. The molecule has 1 aromatic heterocycles. The Hall–Kier alpha value is -2.27. The topological polar surface area (TPSA) is 51.7 Å². The first-order valence-electron chi connectivity index (χ1n) is 8.40. The molecule has 2 atom stereocenters. The van der Waals surface area contributed by atoms with Crippen LogP contribution in [-0.4, -0.2) is 41.1 Å². The van der Waals surface area contributed by atoms with Crippen molar-refractivity contribution >= 4 is 17.5 Å². The Kier molecular flexibility index (Phi) is 5.76. The number of aromatic nitrogens is 1. The van der Waals surface area contributed by atoms with Crippen molar-refractivity contribution in [1.82, 2.24) is 9.88 Å². The Morgan fingerprint density at radius 3 is 2.88 bits per heavy atom. The van der Waals surface area contributed by atoms with Crippen LogP contribution in [0.15, 0.2) is 48.8 Å². The number of halogens is 1. The predicted octanol–water partition coefficient (Wildman–Crippen LogP) is 3.57. The van der Waals surface area contributed by atoms with Gasteiger partial charge in [-0.2, -0.15) is 0 Å². The second-order valence-corrected chi connectivity index (χ2v) is 6.45. The molecule has 1 fully saturated rings. The molecule has 2 unspecified atom stereocenters. The van der Waals surface area contributed by atoms with E-state index in [4.69, 9.17) is 21.1 Å². The fourth-order valence-corrected chi connectivity index (χ4v) is 3.05. The molecule has 0 aliphatic carbocycles. The third-order valence-corrected chi connectivity index (χ3v) is 4.41. The van der Waals surface area contributed by atoms with Crippen molar-refractivity contribution in [3.63, 3.8) is 0 Å². The van der Waals surface area contributed by atoms with Crippen LogP contribution < -0.4 is 9.47 Å². The molecule has 25 heavy (non-hydrogen) atoms. The first kappa shape index (κ1) is 17.5. The molecule has 5 nitrogen and oxygen atoms in total. The van der Waals surface area contributed by atoms with Crippen LogP contribution in [0.4, 0.5) is 0 Å². The number of rotatable bonds is 5. The second-order valence-electron chi connectivity index (χ2n) is 6.05. The highest BCUT2D eigenvalue weighted by Crippen LogP contribution is 2.26. The van der Waals surface area contributed by atoms with Gasteiger partial charge in [-0.05, 0) is 31.9 Å². The van der Waals surface area contributed by atoms with Crippen molar-refractivity contribution in [1.29, 1.82) is 0 Å². The van der Waals surface area contributed by atoms with Gasteiger partial charge in [0.05, 0.1) is 6.54 Å². The SMILES string of the molecule is CC(Oc1ccccc1)C(=O)N1CCCC(Oc2ccncc2Cl)C1. The van der Waals surface area contributed by atoms with E-state index < -0.39 is 6.10 Å². The number of pyridine rings is 1. The molecule has 1 aliphatic rings. The van der Waals surface area contributed by atoms with E-state index in [9.17, 15) is 4.79 Å². The van der Waals surface area contributed by atoms with Gasteiger partial charge >= 0.3 is 0 Å². The van der Waals surface area contributed by atoms with Crippen LogP contribution in [0.5, 0.6) is 11.5 Å². The van der Waals surface area contributed by atoms with E-state index >= 15 is 0 Å². The molecule has 2 heterocycles.